The molecule has 10 heteroatoms. The molecule has 0 aliphatic carbocycles. The number of aromatic amines is 1. The third-order valence-corrected chi connectivity index (χ3v) is 7.24. The summed E-state index contributed by atoms with van der Waals surface area (Å²) in [6.07, 6.45) is 3.03. The smallest absolute Gasteiger partial charge is 0.330 e. The van der Waals surface area contributed by atoms with E-state index in [1.54, 1.807) is 37.3 Å². The predicted molar refractivity (Wildman–Crippen MR) is 139 cm³/mol. The van der Waals surface area contributed by atoms with E-state index in [-0.39, 0.29) is 11.0 Å². The Kier molecular flexibility index (Phi) is 9.00. The lowest BCUT2D eigenvalue weighted by molar-refractivity contribution is -0.284. The van der Waals surface area contributed by atoms with E-state index in [4.69, 9.17) is 16.3 Å². The van der Waals surface area contributed by atoms with Crippen molar-refractivity contribution in [3.05, 3.63) is 104 Å². The molecule has 0 saturated carbocycles. The van der Waals surface area contributed by atoms with Gasteiger partial charge >= 0.3 is 5.97 Å². The van der Waals surface area contributed by atoms with Crippen molar-refractivity contribution >= 4 is 46.7 Å². The molecule has 2 heterocycles. The van der Waals surface area contributed by atoms with Crippen LogP contribution >= 0.6 is 34.7 Å². The number of hydrogen-bond acceptors (Lipinski definition) is 7. The molecule has 7 nitrogen and oxygen atoms in total. The number of aromatic nitrogens is 2. The quantitative estimate of drug-likeness (QED) is 0.230. The Balaban J connectivity index is 0.00000342. The summed E-state index contributed by atoms with van der Waals surface area (Å²) in [4.78, 5) is 25.0. The van der Waals surface area contributed by atoms with Gasteiger partial charge in [-0.25, -0.2) is 4.79 Å². The minimum Gasteiger partial charge on any atom is -0.858 e. The predicted octanol–water partition coefficient (Wildman–Crippen LogP) is 5.49. The molecule has 1 unspecified atom stereocenters. The van der Waals surface area contributed by atoms with Gasteiger partial charge in [0.25, 0.3) is 5.56 Å². The Morgan fingerprint density at radius 3 is 2.60 bits per heavy atom. The minimum absolute atomic E-state index is 0. The summed E-state index contributed by atoms with van der Waals surface area (Å²) in [7, 11) is 0. The third-order valence-electron chi connectivity index (χ3n) is 4.96. The first-order chi connectivity index (χ1) is 16.5. The van der Waals surface area contributed by atoms with Crippen molar-refractivity contribution in [2.24, 2.45) is 0 Å². The van der Waals surface area contributed by atoms with E-state index in [1.165, 1.54) is 22.1 Å². The lowest BCUT2D eigenvalue weighted by atomic mass is 10.00. The van der Waals surface area contributed by atoms with Crippen molar-refractivity contribution in [2.45, 2.75) is 22.8 Å². The van der Waals surface area contributed by atoms with Crippen molar-refractivity contribution in [2.75, 3.05) is 6.61 Å². The molecular formula is C25H23ClN3O4S2-. The summed E-state index contributed by atoms with van der Waals surface area (Å²) in [5.74, 6) is -0.829. The van der Waals surface area contributed by atoms with Gasteiger partial charge in [-0.05, 0) is 58.6 Å². The maximum absolute atomic E-state index is 13.3. The molecule has 2 aromatic carbocycles. The van der Waals surface area contributed by atoms with E-state index >= 15 is 0 Å². The van der Waals surface area contributed by atoms with Crippen LogP contribution in [-0.4, -0.2) is 22.4 Å². The average Bonchev–Trinajstić information content (AvgIpc) is 3.45. The van der Waals surface area contributed by atoms with Crippen LogP contribution in [0, 0.1) is 0 Å². The van der Waals surface area contributed by atoms with Gasteiger partial charge in [0.15, 0.2) is 0 Å². The van der Waals surface area contributed by atoms with Crippen LogP contribution in [0.25, 0.3) is 6.08 Å². The van der Waals surface area contributed by atoms with Gasteiger partial charge in [-0.3, -0.25) is 14.6 Å². The highest BCUT2D eigenvalue weighted by molar-refractivity contribution is 7.99. The fraction of sp³-hybridized carbons (Fsp3) is 0.120. The molecule has 0 spiro atoms. The number of nitrogens with one attached hydrogen (secondary N) is 1. The van der Waals surface area contributed by atoms with E-state index in [0.29, 0.717) is 16.5 Å². The standard InChI is InChI=1S/C25H21ClN2O4S2.H3N/c1-2-32-21(29)12-9-16-7-10-17(11-8-16)22(18-13-14-33-15-18)28-25(31)23(24(30)27-28)34-20-6-4-3-5-19(20)26;/h3-15,22,31H,2H2,1H3,(H,27,30);1H3/p-1/b12-9+;. The minimum atomic E-state index is -0.518. The average molecular weight is 529 g/mol. The zero-order valence-corrected chi connectivity index (χ0v) is 21.2. The van der Waals surface area contributed by atoms with E-state index in [1.807, 2.05) is 41.1 Å². The number of thiophene rings is 1. The SMILES string of the molecule is CCOC(=O)/C=C/c1ccc(C(c2ccsc2)n2[nH]c(=O)c(Sc3ccccc3Cl)c2[O-])cc1.N. The Morgan fingerprint density at radius 2 is 1.94 bits per heavy atom. The Labute approximate surface area is 215 Å². The molecule has 0 fully saturated rings. The normalized spacial score (nSPS) is 11.8. The highest BCUT2D eigenvalue weighted by Gasteiger charge is 2.21. The van der Waals surface area contributed by atoms with Crippen LogP contribution in [0.15, 0.2) is 86.0 Å². The topological polar surface area (TPSA) is 122 Å². The Morgan fingerprint density at radius 1 is 1.20 bits per heavy atom. The van der Waals surface area contributed by atoms with E-state index < -0.39 is 23.5 Å². The molecule has 0 radical (unpaired) electrons. The molecule has 0 aliphatic heterocycles. The number of carbonyl (C=O) groups excluding carboxylic acids is 1. The van der Waals surface area contributed by atoms with Crippen LogP contribution in [0.3, 0.4) is 0 Å². The molecule has 4 rings (SSSR count). The molecule has 0 aliphatic rings. The van der Waals surface area contributed by atoms with Crippen molar-refractivity contribution in [1.29, 1.82) is 0 Å². The van der Waals surface area contributed by atoms with Crippen molar-refractivity contribution < 1.29 is 14.6 Å². The van der Waals surface area contributed by atoms with Gasteiger partial charge in [0.05, 0.1) is 22.6 Å². The molecule has 182 valence electrons. The molecule has 1 atom stereocenters. The van der Waals surface area contributed by atoms with E-state index in [2.05, 4.69) is 5.10 Å². The summed E-state index contributed by atoms with van der Waals surface area (Å²) in [6, 6.07) is 15.9. The van der Waals surface area contributed by atoms with Gasteiger partial charge in [0.2, 0.25) is 0 Å². The largest absolute Gasteiger partial charge is 0.858 e. The molecule has 4 aromatic rings. The maximum Gasteiger partial charge on any atom is 0.330 e. The van der Waals surface area contributed by atoms with Crippen molar-refractivity contribution in [3.8, 4) is 5.88 Å². The fourth-order valence-electron chi connectivity index (χ4n) is 3.39. The maximum atomic E-state index is 13.3. The van der Waals surface area contributed by atoms with Crippen LogP contribution in [-0.2, 0) is 9.53 Å². The number of esters is 1. The molecule has 2 aromatic heterocycles. The number of nitrogens with zero attached hydrogens (tertiary/aromatic N) is 1. The van der Waals surface area contributed by atoms with Gasteiger partial charge in [-0.2, -0.15) is 11.3 Å². The lowest BCUT2D eigenvalue weighted by Crippen LogP contribution is -2.17. The van der Waals surface area contributed by atoms with Crippen LogP contribution < -0.4 is 16.8 Å². The first kappa shape index (κ1) is 26.4. The van der Waals surface area contributed by atoms with Gasteiger partial charge in [-0.15, -0.1) is 0 Å². The van der Waals surface area contributed by atoms with Gasteiger partial charge in [0, 0.05) is 16.9 Å². The second kappa shape index (κ2) is 11.9. The van der Waals surface area contributed by atoms with Crippen LogP contribution in [0.5, 0.6) is 5.88 Å². The van der Waals surface area contributed by atoms with Gasteiger partial charge in [0.1, 0.15) is 0 Å². The first-order valence-electron chi connectivity index (χ1n) is 10.4. The van der Waals surface area contributed by atoms with Gasteiger partial charge < -0.3 is 16.0 Å². The second-order valence-electron chi connectivity index (χ2n) is 7.19. The van der Waals surface area contributed by atoms with Gasteiger partial charge in [-0.1, -0.05) is 59.8 Å². The first-order valence-corrected chi connectivity index (χ1v) is 12.5. The Hall–Kier alpha value is -3.24. The highest BCUT2D eigenvalue weighted by atomic mass is 35.5. The fourth-order valence-corrected chi connectivity index (χ4v) is 5.18. The molecule has 0 amide bonds. The molecule has 4 N–H and O–H groups in total. The van der Waals surface area contributed by atoms with Crippen LogP contribution in [0.4, 0.5) is 0 Å². The molecule has 35 heavy (non-hydrogen) atoms. The number of halogens is 1. The zero-order chi connectivity index (χ0) is 24.1. The summed E-state index contributed by atoms with van der Waals surface area (Å²) < 4.78 is 6.26. The number of benzene rings is 2. The van der Waals surface area contributed by atoms with Crippen molar-refractivity contribution in [3.63, 3.8) is 0 Å². The Bertz CT molecular complexity index is 1360. The summed E-state index contributed by atoms with van der Waals surface area (Å²) in [5, 5.41) is 20.4. The number of hydrogen-bond donors (Lipinski definition) is 2. The van der Waals surface area contributed by atoms with E-state index in [9.17, 15) is 14.7 Å². The number of H-pyrrole nitrogens is 1. The number of carbonyl (C=O) groups is 1. The zero-order valence-electron chi connectivity index (χ0n) is 18.8. The summed E-state index contributed by atoms with van der Waals surface area (Å²) in [5.41, 5.74) is 2.02. The van der Waals surface area contributed by atoms with Crippen molar-refractivity contribution in [1.82, 2.24) is 15.9 Å². The van der Waals surface area contributed by atoms with E-state index in [0.717, 1.165) is 28.5 Å². The summed E-state index contributed by atoms with van der Waals surface area (Å²) >= 11 is 8.79. The lowest BCUT2D eigenvalue weighted by Gasteiger charge is -2.23. The molecular weight excluding hydrogens is 506 g/mol. The van der Waals surface area contributed by atoms with Crippen LogP contribution in [0.2, 0.25) is 5.02 Å². The van der Waals surface area contributed by atoms with Crippen LogP contribution in [0.1, 0.15) is 29.7 Å². The second-order valence-corrected chi connectivity index (χ2v) is 9.43. The summed E-state index contributed by atoms with van der Waals surface area (Å²) in [6.45, 7) is 2.06. The third kappa shape index (κ3) is 6.07. The highest BCUT2D eigenvalue weighted by Crippen LogP contribution is 2.37. The number of ether oxygens (including phenoxy) is 1. The molecule has 0 bridgehead atoms. The monoisotopic (exact) mass is 528 g/mol. The molecule has 0 saturated heterocycles. The number of rotatable bonds is 8.